The molecule has 3 aromatic carbocycles. The van der Waals surface area contributed by atoms with Gasteiger partial charge in [0.05, 0.1) is 19.2 Å². The Morgan fingerprint density at radius 2 is 1.17 bits per heavy atom. The molecule has 0 aliphatic rings. The molecule has 0 aliphatic heterocycles. The van der Waals surface area contributed by atoms with Crippen molar-refractivity contribution in [2.24, 2.45) is 0 Å². The highest BCUT2D eigenvalue weighted by atomic mass is 16.5. The molecule has 29 heavy (non-hydrogen) atoms. The summed E-state index contributed by atoms with van der Waals surface area (Å²) in [5, 5.41) is 5.99. The minimum atomic E-state index is -0.514. The molecular weight excluding hydrogens is 364 g/mol. The molecule has 0 heterocycles. The van der Waals surface area contributed by atoms with Gasteiger partial charge in [0.25, 0.3) is 5.91 Å². The van der Waals surface area contributed by atoms with E-state index in [1.165, 1.54) is 7.11 Å². The average Bonchev–Trinajstić information content (AvgIpc) is 2.79. The monoisotopic (exact) mass is 388 g/mol. The molecule has 0 bridgehead atoms. The summed E-state index contributed by atoms with van der Waals surface area (Å²) in [6, 6.07) is 27.8. The quantitative estimate of drug-likeness (QED) is 0.619. The van der Waals surface area contributed by atoms with E-state index in [9.17, 15) is 9.59 Å². The van der Waals surface area contributed by atoms with Gasteiger partial charge >= 0.3 is 6.09 Å². The third kappa shape index (κ3) is 5.69. The Morgan fingerprint density at radius 3 is 1.66 bits per heavy atom. The Labute approximate surface area is 170 Å². The lowest BCUT2D eigenvalue weighted by Crippen LogP contribution is -2.35. The zero-order chi connectivity index (χ0) is 20.5. The second kappa shape index (κ2) is 10.1. The number of hydrogen-bond donors (Lipinski definition) is 2. The van der Waals surface area contributed by atoms with Crippen LogP contribution in [0.1, 0.15) is 40.0 Å². The number of hydrogen-bond acceptors (Lipinski definition) is 3. The maximum atomic E-state index is 12.8. The predicted octanol–water partition coefficient (Wildman–Crippen LogP) is 4.65. The number of benzene rings is 3. The summed E-state index contributed by atoms with van der Waals surface area (Å²) in [4.78, 5) is 24.7. The van der Waals surface area contributed by atoms with Crippen molar-refractivity contribution in [3.8, 4) is 0 Å². The minimum Gasteiger partial charge on any atom is -0.453 e. The first kappa shape index (κ1) is 20.1. The molecule has 3 rings (SSSR count). The van der Waals surface area contributed by atoms with Crippen molar-refractivity contribution in [3.63, 3.8) is 0 Å². The Bertz CT molecular complexity index is 915. The van der Waals surface area contributed by atoms with Gasteiger partial charge in [-0.2, -0.15) is 0 Å². The van der Waals surface area contributed by atoms with Crippen LogP contribution < -0.4 is 10.6 Å². The normalized spacial score (nSPS) is 12.4. The lowest BCUT2D eigenvalue weighted by molar-refractivity contribution is 0.0932. The molecule has 5 nitrogen and oxygen atoms in total. The van der Waals surface area contributed by atoms with E-state index in [1.807, 2.05) is 78.9 Å². The first-order valence-electron chi connectivity index (χ1n) is 9.47. The van der Waals surface area contributed by atoms with Crippen LogP contribution in [0.4, 0.5) is 4.79 Å². The predicted molar refractivity (Wildman–Crippen MR) is 112 cm³/mol. The number of carbonyl (C=O) groups excluding carboxylic acids is 2. The standard InChI is InChI=1S/C24H24N2O3/c1-29-24(28)26-22(19-13-7-3-8-14-19)17-21(18-11-5-2-6-12-18)25-23(27)20-15-9-4-10-16-20/h2-16,21-22H,17H2,1H3,(H,25,27)(H,26,28)/t21-,22-/m1/s1. The third-order valence-electron chi connectivity index (χ3n) is 4.69. The first-order chi connectivity index (χ1) is 14.2. The molecule has 2 amide bonds. The number of alkyl carbamates (subject to hydrolysis) is 1. The van der Waals surface area contributed by atoms with Crippen LogP contribution in [0.2, 0.25) is 0 Å². The molecule has 2 atom stereocenters. The summed E-state index contributed by atoms with van der Waals surface area (Å²) in [5.41, 5.74) is 2.49. The van der Waals surface area contributed by atoms with Crippen molar-refractivity contribution in [1.82, 2.24) is 10.6 Å². The van der Waals surface area contributed by atoms with Crippen molar-refractivity contribution in [2.75, 3.05) is 7.11 Å². The van der Waals surface area contributed by atoms with E-state index in [-0.39, 0.29) is 18.0 Å². The molecule has 5 heteroatoms. The smallest absolute Gasteiger partial charge is 0.407 e. The Balaban J connectivity index is 1.87. The average molecular weight is 388 g/mol. The number of amides is 2. The molecule has 0 fully saturated rings. The van der Waals surface area contributed by atoms with Gasteiger partial charge in [-0.25, -0.2) is 4.79 Å². The molecule has 0 radical (unpaired) electrons. The molecule has 0 saturated heterocycles. The van der Waals surface area contributed by atoms with E-state index in [1.54, 1.807) is 12.1 Å². The van der Waals surface area contributed by atoms with Crippen LogP contribution in [0.25, 0.3) is 0 Å². The molecule has 2 N–H and O–H groups in total. The van der Waals surface area contributed by atoms with Crippen molar-refractivity contribution >= 4 is 12.0 Å². The highest BCUT2D eigenvalue weighted by molar-refractivity contribution is 5.94. The van der Waals surface area contributed by atoms with E-state index in [0.717, 1.165) is 11.1 Å². The molecule has 0 spiro atoms. The van der Waals surface area contributed by atoms with Crippen LogP contribution in [0.5, 0.6) is 0 Å². The fourth-order valence-corrected chi connectivity index (χ4v) is 3.20. The second-order valence-corrected chi connectivity index (χ2v) is 6.64. The summed E-state index contributed by atoms with van der Waals surface area (Å²) in [5.74, 6) is -0.163. The first-order valence-corrected chi connectivity index (χ1v) is 9.47. The molecule has 0 saturated carbocycles. The van der Waals surface area contributed by atoms with Crippen molar-refractivity contribution in [1.29, 1.82) is 0 Å². The second-order valence-electron chi connectivity index (χ2n) is 6.64. The number of methoxy groups -OCH3 is 1. The SMILES string of the molecule is COC(=O)N[C@H](C[C@@H](NC(=O)c1ccccc1)c1ccccc1)c1ccccc1. The van der Waals surface area contributed by atoms with Crippen LogP contribution in [-0.2, 0) is 4.74 Å². The molecular formula is C24H24N2O3. The van der Waals surface area contributed by atoms with E-state index in [4.69, 9.17) is 4.74 Å². The van der Waals surface area contributed by atoms with Crippen LogP contribution in [0, 0.1) is 0 Å². The summed E-state index contributed by atoms with van der Waals surface area (Å²) < 4.78 is 4.80. The lowest BCUT2D eigenvalue weighted by atomic mass is 9.94. The minimum absolute atomic E-state index is 0.163. The maximum Gasteiger partial charge on any atom is 0.407 e. The number of rotatable bonds is 7. The molecule has 0 aromatic heterocycles. The van der Waals surface area contributed by atoms with Gasteiger partial charge in [0.15, 0.2) is 0 Å². The summed E-state index contributed by atoms with van der Waals surface area (Å²) in [7, 11) is 1.34. The van der Waals surface area contributed by atoms with E-state index in [2.05, 4.69) is 10.6 Å². The maximum absolute atomic E-state index is 12.8. The highest BCUT2D eigenvalue weighted by Crippen LogP contribution is 2.27. The van der Waals surface area contributed by atoms with Gasteiger partial charge in [0.2, 0.25) is 0 Å². The van der Waals surface area contributed by atoms with Crippen molar-refractivity contribution in [3.05, 3.63) is 108 Å². The Morgan fingerprint density at radius 1 is 0.724 bits per heavy atom. The van der Waals surface area contributed by atoms with E-state index >= 15 is 0 Å². The van der Waals surface area contributed by atoms with Crippen LogP contribution in [0.3, 0.4) is 0 Å². The Hall–Kier alpha value is -3.60. The lowest BCUT2D eigenvalue weighted by Gasteiger charge is -2.26. The summed E-state index contributed by atoms with van der Waals surface area (Å²) in [6.07, 6.45) is -0.0399. The summed E-state index contributed by atoms with van der Waals surface area (Å²) >= 11 is 0. The topological polar surface area (TPSA) is 67.4 Å². The molecule has 148 valence electrons. The zero-order valence-corrected chi connectivity index (χ0v) is 16.2. The van der Waals surface area contributed by atoms with Crippen LogP contribution in [0.15, 0.2) is 91.0 Å². The van der Waals surface area contributed by atoms with Crippen molar-refractivity contribution < 1.29 is 14.3 Å². The molecule has 0 aliphatic carbocycles. The number of ether oxygens (including phenoxy) is 1. The van der Waals surface area contributed by atoms with Gasteiger partial charge in [-0.15, -0.1) is 0 Å². The fourth-order valence-electron chi connectivity index (χ4n) is 3.20. The van der Waals surface area contributed by atoms with E-state index < -0.39 is 6.09 Å². The Kier molecular flexibility index (Phi) is 7.00. The van der Waals surface area contributed by atoms with Crippen LogP contribution in [-0.4, -0.2) is 19.1 Å². The van der Waals surface area contributed by atoms with Gasteiger partial charge in [-0.1, -0.05) is 78.9 Å². The van der Waals surface area contributed by atoms with Gasteiger partial charge in [0.1, 0.15) is 0 Å². The van der Waals surface area contributed by atoms with E-state index in [0.29, 0.717) is 12.0 Å². The largest absolute Gasteiger partial charge is 0.453 e. The van der Waals surface area contributed by atoms with Gasteiger partial charge < -0.3 is 15.4 Å². The van der Waals surface area contributed by atoms with Gasteiger partial charge in [0, 0.05) is 5.56 Å². The van der Waals surface area contributed by atoms with Gasteiger partial charge in [-0.05, 0) is 29.7 Å². The highest BCUT2D eigenvalue weighted by Gasteiger charge is 2.23. The number of nitrogens with one attached hydrogen (secondary N) is 2. The fraction of sp³-hybridized carbons (Fsp3) is 0.167. The third-order valence-corrected chi connectivity index (χ3v) is 4.69. The number of carbonyl (C=O) groups is 2. The zero-order valence-electron chi connectivity index (χ0n) is 16.2. The molecule has 0 unspecified atom stereocenters. The molecule has 3 aromatic rings. The van der Waals surface area contributed by atoms with Crippen molar-refractivity contribution in [2.45, 2.75) is 18.5 Å². The van der Waals surface area contributed by atoms with Crippen LogP contribution >= 0.6 is 0 Å². The van der Waals surface area contributed by atoms with Gasteiger partial charge in [-0.3, -0.25) is 4.79 Å². The summed E-state index contributed by atoms with van der Waals surface area (Å²) in [6.45, 7) is 0.